The molecule has 2 aromatic heterocycles. The number of hydrogen-bond donors (Lipinski definition) is 0. The van der Waals surface area contributed by atoms with Crippen LogP contribution < -0.4 is 9.64 Å². The van der Waals surface area contributed by atoms with Crippen LogP contribution in [0.4, 0.5) is 5.82 Å². The molecule has 0 atom stereocenters. The van der Waals surface area contributed by atoms with Crippen LogP contribution in [0.25, 0.3) is 16.8 Å². The Bertz CT molecular complexity index is 1160. The molecular formula is C23H25ClN4O2. The molecule has 0 spiro atoms. The summed E-state index contributed by atoms with van der Waals surface area (Å²) < 4.78 is 13.0. The smallest absolute Gasteiger partial charge is 0.165 e. The second-order valence-electron chi connectivity index (χ2n) is 7.24. The fraction of sp³-hybridized carbons (Fsp3) is 0.391. The number of hydrogen-bond acceptors (Lipinski definition) is 5. The highest BCUT2D eigenvalue weighted by atomic mass is 35.5. The predicted octanol–water partition coefficient (Wildman–Crippen LogP) is 4.64. The highest BCUT2D eigenvalue weighted by Crippen LogP contribution is 2.38. The number of aryl methyl sites for hydroxylation is 1. The maximum atomic E-state index is 6.61. The molecule has 156 valence electrons. The van der Waals surface area contributed by atoms with Gasteiger partial charge in [0.25, 0.3) is 0 Å². The van der Waals surface area contributed by atoms with Gasteiger partial charge in [-0.1, -0.05) is 24.4 Å². The number of rotatable bonds is 6. The third kappa shape index (κ3) is 3.49. The van der Waals surface area contributed by atoms with Gasteiger partial charge in [-0.05, 0) is 38.5 Å². The normalized spacial score (nSPS) is 12.6. The van der Waals surface area contributed by atoms with E-state index >= 15 is 0 Å². The Hall–Kier alpha value is -2.75. The summed E-state index contributed by atoms with van der Waals surface area (Å²) >= 11 is 6.61. The molecule has 6 nitrogen and oxygen atoms in total. The van der Waals surface area contributed by atoms with Gasteiger partial charge in [0.2, 0.25) is 0 Å². The topological polar surface area (TPSA) is 51.9 Å². The Kier molecular flexibility index (Phi) is 5.85. The molecule has 4 rings (SSSR count). The molecule has 1 aromatic carbocycles. The Labute approximate surface area is 181 Å². The number of ether oxygens (including phenoxy) is 2. The third-order valence-corrected chi connectivity index (χ3v) is 5.58. The number of benzene rings is 1. The lowest BCUT2D eigenvalue weighted by Gasteiger charge is -2.24. The van der Waals surface area contributed by atoms with Crippen LogP contribution in [0.15, 0.2) is 18.2 Å². The van der Waals surface area contributed by atoms with Crippen LogP contribution in [0, 0.1) is 18.8 Å². The van der Waals surface area contributed by atoms with Crippen molar-refractivity contribution < 1.29 is 9.47 Å². The van der Waals surface area contributed by atoms with Crippen molar-refractivity contribution in [3.8, 4) is 28.7 Å². The molecule has 0 saturated heterocycles. The second-order valence-corrected chi connectivity index (χ2v) is 7.65. The van der Waals surface area contributed by atoms with Crippen molar-refractivity contribution >= 4 is 23.1 Å². The van der Waals surface area contributed by atoms with E-state index in [-0.39, 0.29) is 0 Å². The number of fused-ring (bicyclic) bond motifs is 2. The van der Waals surface area contributed by atoms with E-state index in [9.17, 15) is 0 Å². The van der Waals surface area contributed by atoms with Gasteiger partial charge in [-0.2, -0.15) is 9.61 Å². The molecule has 1 aliphatic heterocycles. The Morgan fingerprint density at radius 1 is 1.33 bits per heavy atom. The lowest BCUT2D eigenvalue weighted by atomic mass is 10.1. The molecule has 30 heavy (non-hydrogen) atoms. The molecule has 0 unspecified atom stereocenters. The van der Waals surface area contributed by atoms with Crippen LogP contribution >= 0.6 is 11.6 Å². The van der Waals surface area contributed by atoms with Gasteiger partial charge in [0.15, 0.2) is 5.65 Å². The van der Waals surface area contributed by atoms with Gasteiger partial charge in [0.05, 0.1) is 48.8 Å². The van der Waals surface area contributed by atoms with Gasteiger partial charge in [-0.3, -0.25) is 0 Å². The summed E-state index contributed by atoms with van der Waals surface area (Å²) in [6.45, 7) is 8.56. The maximum Gasteiger partial charge on any atom is 0.165 e. The van der Waals surface area contributed by atoms with E-state index in [0.717, 1.165) is 52.5 Å². The Morgan fingerprint density at radius 3 is 2.87 bits per heavy atom. The van der Waals surface area contributed by atoms with Crippen LogP contribution in [0.2, 0.25) is 5.02 Å². The molecule has 0 radical (unpaired) electrons. The fourth-order valence-electron chi connectivity index (χ4n) is 3.91. The zero-order chi connectivity index (χ0) is 21.3. The first-order chi connectivity index (χ1) is 14.6. The minimum absolute atomic E-state index is 0.498. The van der Waals surface area contributed by atoms with Gasteiger partial charge >= 0.3 is 0 Å². The number of halogens is 1. The van der Waals surface area contributed by atoms with E-state index < -0.39 is 0 Å². The summed E-state index contributed by atoms with van der Waals surface area (Å²) in [5, 5.41) is 5.49. The Morgan fingerprint density at radius 2 is 2.17 bits per heavy atom. The van der Waals surface area contributed by atoms with E-state index in [1.807, 2.05) is 36.6 Å². The number of anilines is 1. The molecule has 1 aliphatic rings. The lowest BCUT2D eigenvalue weighted by molar-refractivity contribution is 0.133. The molecular weight excluding hydrogens is 400 g/mol. The molecule has 0 bridgehead atoms. The summed E-state index contributed by atoms with van der Waals surface area (Å²) in [7, 11) is 1.63. The fourth-order valence-corrected chi connectivity index (χ4v) is 4.17. The average Bonchev–Trinajstić information content (AvgIpc) is 3.33. The van der Waals surface area contributed by atoms with Gasteiger partial charge < -0.3 is 14.4 Å². The minimum Gasteiger partial charge on any atom is -0.497 e. The molecule has 7 heteroatoms. The number of methoxy groups -OCH3 is 1. The minimum atomic E-state index is 0.498. The van der Waals surface area contributed by atoms with Crippen molar-refractivity contribution in [2.24, 2.45) is 0 Å². The zero-order valence-corrected chi connectivity index (χ0v) is 18.5. The lowest BCUT2D eigenvalue weighted by Crippen LogP contribution is -2.28. The molecule has 0 fully saturated rings. The summed E-state index contributed by atoms with van der Waals surface area (Å²) in [6, 6.07) is 5.68. The average molecular weight is 425 g/mol. The van der Waals surface area contributed by atoms with Crippen LogP contribution in [0.1, 0.15) is 37.2 Å². The van der Waals surface area contributed by atoms with Crippen molar-refractivity contribution in [2.45, 2.75) is 40.4 Å². The molecule has 0 N–H and O–H groups in total. The quantitative estimate of drug-likeness (QED) is 0.540. The van der Waals surface area contributed by atoms with E-state index in [1.54, 1.807) is 7.11 Å². The highest BCUT2D eigenvalue weighted by Gasteiger charge is 2.27. The van der Waals surface area contributed by atoms with Gasteiger partial charge in [-0.15, -0.1) is 5.92 Å². The first-order valence-electron chi connectivity index (χ1n) is 10.1. The van der Waals surface area contributed by atoms with Crippen molar-refractivity contribution in [1.82, 2.24) is 14.6 Å². The van der Waals surface area contributed by atoms with Crippen molar-refractivity contribution in [1.29, 1.82) is 0 Å². The molecule has 3 aromatic rings. The monoisotopic (exact) mass is 424 g/mol. The first-order valence-corrected chi connectivity index (χ1v) is 10.4. The molecule has 3 heterocycles. The maximum absolute atomic E-state index is 6.61. The summed E-state index contributed by atoms with van der Waals surface area (Å²) in [4.78, 5) is 7.21. The van der Waals surface area contributed by atoms with Gasteiger partial charge in [-0.25, -0.2) is 4.98 Å². The van der Waals surface area contributed by atoms with E-state index in [2.05, 4.69) is 23.7 Å². The van der Waals surface area contributed by atoms with Crippen molar-refractivity contribution in [3.05, 3.63) is 40.2 Å². The largest absolute Gasteiger partial charge is 0.497 e. The number of nitrogens with zero attached hydrogens (tertiary/aromatic N) is 4. The van der Waals surface area contributed by atoms with Crippen LogP contribution in [0.5, 0.6) is 5.75 Å². The Balaban J connectivity index is 1.98. The van der Waals surface area contributed by atoms with E-state index in [0.29, 0.717) is 30.5 Å². The van der Waals surface area contributed by atoms with E-state index in [1.165, 1.54) is 0 Å². The van der Waals surface area contributed by atoms with Crippen molar-refractivity contribution in [3.63, 3.8) is 0 Å². The van der Waals surface area contributed by atoms with Crippen LogP contribution in [-0.4, -0.2) is 34.8 Å². The SMILES string of the molecule is CC#CCN(CCC)c1c2c(nc3c(-c4ccc(OC)cc4Cl)c(C)nn13)COC2. The molecule has 0 aliphatic carbocycles. The summed E-state index contributed by atoms with van der Waals surface area (Å²) in [5.41, 5.74) is 5.51. The third-order valence-electron chi connectivity index (χ3n) is 5.27. The van der Waals surface area contributed by atoms with E-state index in [4.69, 9.17) is 31.2 Å². The van der Waals surface area contributed by atoms with Crippen LogP contribution in [0.3, 0.4) is 0 Å². The summed E-state index contributed by atoms with van der Waals surface area (Å²) in [5.74, 6) is 7.93. The molecule has 0 saturated carbocycles. The van der Waals surface area contributed by atoms with Gasteiger partial charge in [0, 0.05) is 17.7 Å². The zero-order valence-electron chi connectivity index (χ0n) is 17.8. The highest BCUT2D eigenvalue weighted by molar-refractivity contribution is 6.33. The van der Waals surface area contributed by atoms with Crippen LogP contribution in [-0.2, 0) is 18.0 Å². The van der Waals surface area contributed by atoms with Crippen molar-refractivity contribution in [2.75, 3.05) is 25.1 Å². The summed E-state index contributed by atoms with van der Waals surface area (Å²) in [6.07, 6.45) is 1.00. The molecule has 0 amide bonds. The predicted molar refractivity (Wildman–Crippen MR) is 119 cm³/mol. The standard InChI is InChI=1S/C23H25ClN4O2/c1-5-7-11-27(10-6-2)23-18-13-30-14-20(18)25-22-21(15(3)26-28(22)23)17-9-8-16(29-4)12-19(17)24/h8-9,12H,6,10-11,13-14H2,1-4H3. The van der Waals surface area contributed by atoms with Gasteiger partial charge in [0.1, 0.15) is 11.6 Å². The first kappa shape index (κ1) is 20.5. The number of aromatic nitrogens is 3. The second kappa shape index (κ2) is 8.55.